The van der Waals surface area contributed by atoms with Gasteiger partial charge in [0.25, 0.3) is 0 Å². The van der Waals surface area contributed by atoms with Gasteiger partial charge in [0, 0.05) is 31.3 Å². The van der Waals surface area contributed by atoms with Crippen LogP contribution in [0.25, 0.3) is 0 Å². The van der Waals surface area contributed by atoms with Gasteiger partial charge in [0.1, 0.15) is 23.9 Å². The number of amides is 3. The van der Waals surface area contributed by atoms with E-state index in [0.29, 0.717) is 17.7 Å². The van der Waals surface area contributed by atoms with Crippen molar-refractivity contribution in [3.8, 4) is 5.75 Å². The Bertz CT molecular complexity index is 1150. The van der Waals surface area contributed by atoms with Crippen LogP contribution in [0, 0.1) is 0 Å². The van der Waals surface area contributed by atoms with Gasteiger partial charge < -0.3 is 53.5 Å². The minimum Gasteiger partial charge on any atom is -0.508 e. The number of guanidine groups is 1. The maximum atomic E-state index is 13.4. The number of nitrogens with one attached hydrogen (secondary N) is 4. The van der Waals surface area contributed by atoms with E-state index in [2.05, 4.69) is 30.9 Å². The monoisotopic (exact) mass is 561 g/mol. The Morgan fingerprint density at radius 3 is 2.10 bits per heavy atom. The van der Waals surface area contributed by atoms with Crippen LogP contribution in [0.2, 0.25) is 0 Å². The van der Waals surface area contributed by atoms with E-state index in [1.807, 2.05) is 0 Å². The molecule has 1 heterocycles. The maximum absolute atomic E-state index is 13.4. The molecule has 16 heteroatoms. The van der Waals surface area contributed by atoms with E-state index in [1.54, 1.807) is 12.1 Å². The number of aromatic nitrogens is 2. The van der Waals surface area contributed by atoms with Crippen molar-refractivity contribution in [3.63, 3.8) is 0 Å². The van der Waals surface area contributed by atoms with Crippen molar-refractivity contribution in [1.82, 2.24) is 25.9 Å². The number of aromatic amines is 1. The molecule has 0 radical (unpaired) electrons. The van der Waals surface area contributed by atoms with E-state index in [0.717, 1.165) is 0 Å². The fraction of sp³-hybridized carbons (Fsp3) is 0.417. The third-order valence-corrected chi connectivity index (χ3v) is 5.72. The van der Waals surface area contributed by atoms with Crippen LogP contribution < -0.4 is 33.2 Å². The second-order valence-electron chi connectivity index (χ2n) is 8.91. The molecule has 1 aromatic heterocycles. The molecule has 16 nitrogen and oxygen atoms in total. The topological polar surface area (TPSA) is 284 Å². The number of carboxylic acid groups (broad SMARTS) is 1. The van der Waals surface area contributed by atoms with Crippen LogP contribution in [0.15, 0.2) is 41.8 Å². The molecule has 0 spiro atoms. The predicted molar refractivity (Wildman–Crippen MR) is 143 cm³/mol. The highest BCUT2D eigenvalue weighted by atomic mass is 16.4. The Morgan fingerprint density at radius 1 is 0.950 bits per heavy atom. The number of rotatable bonds is 16. The van der Waals surface area contributed by atoms with E-state index in [9.17, 15) is 34.5 Å². The van der Waals surface area contributed by atoms with Gasteiger partial charge in [0.05, 0.1) is 19.0 Å². The largest absolute Gasteiger partial charge is 0.508 e. The Kier molecular flexibility index (Phi) is 12.3. The van der Waals surface area contributed by atoms with Crippen LogP contribution in [0.3, 0.4) is 0 Å². The number of carbonyl (C=O) groups excluding carboxylic acids is 3. The first-order valence-electron chi connectivity index (χ1n) is 12.3. The second-order valence-corrected chi connectivity index (χ2v) is 8.91. The Hall–Kier alpha value is -4.70. The van der Waals surface area contributed by atoms with Gasteiger partial charge in [0.2, 0.25) is 17.7 Å². The standard InChI is InChI=1S/C24H35N9O7/c25-16(2-1-7-29-24(26)27)20(36)31-17(8-13-3-5-15(35)6-4-13)21(37)32-18(9-14-10-28-12-30-14)22(38)33-19(11-34)23(39)40/h3-6,10,12,16-19,34-35H,1-2,7-9,11,25H2,(H,28,30)(H,31,36)(H,32,37)(H,33,38)(H,39,40)(H4,26,27,29). The summed E-state index contributed by atoms with van der Waals surface area (Å²) in [5, 5.41) is 35.4. The molecule has 2 aromatic rings. The van der Waals surface area contributed by atoms with E-state index < -0.39 is 54.5 Å². The second kappa shape index (κ2) is 15.6. The summed E-state index contributed by atoms with van der Waals surface area (Å²) in [4.78, 5) is 61.0. The van der Waals surface area contributed by atoms with Gasteiger partial charge in [-0.15, -0.1) is 0 Å². The van der Waals surface area contributed by atoms with Gasteiger partial charge in [-0.2, -0.15) is 0 Å². The lowest BCUT2D eigenvalue weighted by Gasteiger charge is -2.25. The molecular formula is C24H35N9O7. The zero-order valence-corrected chi connectivity index (χ0v) is 21.6. The summed E-state index contributed by atoms with van der Waals surface area (Å²) in [6.07, 6.45) is 3.29. The first-order valence-corrected chi connectivity index (χ1v) is 12.3. The van der Waals surface area contributed by atoms with Gasteiger partial charge in [-0.1, -0.05) is 12.1 Å². The molecule has 0 saturated heterocycles. The van der Waals surface area contributed by atoms with Crippen LogP contribution in [0.5, 0.6) is 5.75 Å². The number of benzene rings is 1. The SMILES string of the molecule is NC(N)=NCCCC(N)C(=O)NC(Cc1ccc(O)cc1)C(=O)NC(Cc1cnc[nH]1)C(=O)NC(CO)C(=O)O. The highest BCUT2D eigenvalue weighted by Gasteiger charge is 2.30. The molecule has 218 valence electrons. The van der Waals surface area contributed by atoms with E-state index in [-0.39, 0.29) is 37.5 Å². The van der Waals surface area contributed by atoms with E-state index >= 15 is 0 Å². The smallest absolute Gasteiger partial charge is 0.328 e. The van der Waals surface area contributed by atoms with Gasteiger partial charge >= 0.3 is 5.97 Å². The molecule has 0 aliphatic heterocycles. The number of aliphatic imine (C=N–C) groups is 1. The molecule has 0 fully saturated rings. The number of phenolic OH excluding ortho intramolecular Hbond substituents is 1. The molecule has 0 bridgehead atoms. The lowest BCUT2D eigenvalue weighted by atomic mass is 10.0. The number of hydrogen-bond acceptors (Lipinski definition) is 9. The summed E-state index contributed by atoms with van der Waals surface area (Å²) < 4.78 is 0. The summed E-state index contributed by atoms with van der Waals surface area (Å²) in [5.74, 6) is -3.82. The molecule has 0 aliphatic carbocycles. The molecule has 4 unspecified atom stereocenters. The Balaban J connectivity index is 2.22. The first kappa shape index (κ1) is 31.5. The minimum absolute atomic E-state index is 0.00439. The van der Waals surface area contributed by atoms with Crippen molar-refractivity contribution in [2.45, 2.75) is 49.9 Å². The van der Waals surface area contributed by atoms with Gasteiger partial charge in [-0.3, -0.25) is 19.4 Å². The van der Waals surface area contributed by atoms with Crippen molar-refractivity contribution >= 4 is 29.7 Å². The third-order valence-electron chi connectivity index (χ3n) is 5.72. The van der Waals surface area contributed by atoms with Crippen molar-refractivity contribution in [1.29, 1.82) is 0 Å². The molecule has 4 atom stereocenters. The summed E-state index contributed by atoms with van der Waals surface area (Å²) in [5.41, 5.74) is 17.6. The van der Waals surface area contributed by atoms with Crippen molar-refractivity contribution in [2.75, 3.05) is 13.2 Å². The lowest BCUT2D eigenvalue weighted by Crippen LogP contribution is -2.58. The summed E-state index contributed by atoms with van der Waals surface area (Å²) in [7, 11) is 0. The summed E-state index contributed by atoms with van der Waals surface area (Å²) >= 11 is 0. The Labute approximate surface area is 229 Å². The molecule has 2 rings (SSSR count). The van der Waals surface area contributed by atoms with Crippen LogP contribution in [-0.4, -0.2) is 92.3 Å². The van der Waals surface area contributed by atoms with Gasteiger partial charge in [-0.25, -0.2) is 9.78 Å². The molecular weight excluding hydrogens is 526 g/mol. The summed E-state index contributed by atoms with van der Waals surface area (Å²) in [6, 6.07) is 0.857. The Morgan fingerprint density at radius 2 is 1.55 bits per heavy atom. The molecule has 13 N–H and O–H groups in total. The molecule has 1 aromatic carbocycles. The summed E-state index contributed by atoms with van der Waals surface area (Å²) in [6.45, 7) is -0.608. The van der Waals surface area contributed by atoms with Crippen LogP contribution in [-0.2, 0) is 32.0 Å². The lowest BCUT2D eigenvalue weighted by molar-refractivity contribution is -0.143. The number of phenols is 1. The number of aliphatic hydroxyl groups excluding tert-OH is 1. The average molecular weight is 562 g/mol. The molecule has 0 aliphatic rings. The highest BCUT2D eigenvalue weighted by molar-refractivity contribution is 5.94. The minimum atomic E-state index is -1.60. The van der Waals surface area contributed by atoms with E-state index in [4.69, 9.17) is 17.2 Å². The number of imidazole rings is 1. The number of carbonyl (C=O) groups is 4. The number of aromatic hydroxyl groups is 1. The highest BCUT2D eigenvalue weighted by Crippen LogP contribution is 2.12. The van der Waals surface area contributed by atoms with E-state index in [1.165, 1.54) is 24.7 Å². The maximum Gasteiger partial charge on any atom is 0.328 e. The average Bonchev–Trinajstić information content (AvgIpc) is 3.42. The number of aliphatic hydroxyl groups is 1. The van der Waals surface area contributed by atoms with Crippen molar-refractivity contribution in [2.24, 2.45) is 22.2 Å². The van der Waals surface area contributed by atoms with Crippen molar-refractivity contribution in [3.05, 3.63) is 48.0 Å². The molecule has 0 saturated carbocycles. The zero-order chi connectivity index (χ0) is 29.7. The number of hydrogen-bond donors (Lipinski definition) is 10. The molecule has 40 heavy (non-hydrogen) atoms. The fourth-order valence-electron chi connectivity index (χ4n) is 3.56. The first-order chi connectivity index (χ1) is 19.0. The number of aliphatic carboxylic acids is 1. The number of nitrogens with zero attached hydrogens (tertiary/aromatic N) is 2. The zero-order valence-electron chi connectivity index (χ0n) is 21.6. The normalized spacial score (nSPS) is 13.8. The molecule has 3 amide bonds. The van der Waals surface area contributed by atoms with Crippen LogP contribution in [0.4, 0.5) is 0 Å². The number of H-pyrrole nitrogens is 1. The van der Waals surface area contributed by atoms with Gasteiger partial charge in [0.15, 0.2) is 5.96 Å². The number of nitrogens with two attached hydrogens (primary N) is 3. The van der Waals surface area contributed by atoms with Crippen LogP contribution >= 0.6 is 0 Å². The van der Waals surface area contributed by atoms with Crippen LogP contribution in [0.1, 0.15) is 24.1 Å². The fourth-order valence-corrected chi connectivity index (χ4v) is 3.56. The van der Waals surface area contributed by atoms with Gasteiger partial charge in [-0.05, 0) is 30.5 Å². The predicted octanol–water partition coefficient (Wildman–Crippen LogP) is -3.19. The third kappa shape index (κ3) is 10.6. The quantitative estimate of drug-likeness (QED) is 0.0553. The number of carboxylic acids is 1. The van der Waals surface area contributed by atoms with Crippen molar-refractivity contribution < 1.29 is 34.5 Å².